The lowest BCUT2D eigenvalue weighted by molar-refractivity contribution is -0.390. The van der Waals surface area contributed by atoms with E-state index < -0.39 is 22.7 Å². The Morgan fingerprint density at radius 3 is 2.82 bits per heavy atom. The highest BCUT2D eigenvalue weighted by Gasteiger charge is 2.25. The number of rotatable bonds is 8. The summed E-state index contributed by atoms with van der Waals surface area (Å²) in [5, 5.41) is 15.7. The molecule has 0 aliphatic heterocycles. The first-order chi connectivity index (χ1) is 16.2. The maximum Gasteiger partial charge on any atom is 0.406 e. The molecular weight excluding hydrogens is 509 g/mol. The predicted molar refractivity (Wildman–Crippen MR) is 125 cm³/mol. The summed E-state index contributed by atoms with van der Waals surface area (Å²) >= 11 is 3.25. The minimum atomic E-state index is -0.756. The molecule has 34 heavy (non-hydrogen) atoms. The largest absolute Gasteiger partial charge is 0.478 e. The normalized spacial score (nSPS) is 12.0. The summed E-state index contributed by atoms with van der Waals surface area (Å²) < 4.78 is 28.4. The number of aromatic nitrogens is 4. The van der Waals surface area contributed by atoms with Crippen LogP contribution in [0.1, 0.15) is 42.7 Å². The molecule has 9 nitrogen and oxygen atoms in total. The average Bonchev–Trinajstić information content (AvgIpc) is 3.39. The molecule has 0 aliphatic rings. The molecule has 0 N–H and O–H groups in total. The molecule has 3 heterocycles. The number of benzene rings is 1. The van der Waals surface area contributed by atoms with Crippen LogP contribution in [-0.2, 0) is 13.0 Å². The van der Waals surface area contributed by atoms with Crippen molar-refractivity contribution in [3.63, 3.8) is 0 Å². The molecule has 0 amide bonds. The van der Waals surface area contributed by atoms with E-state index in [0.29, 0.717) is 39.4 Å². The van der Waals surface area contributed by atoms with Gasteiger partial charge in [0.15, 0.2) is 12.1 Å². The van der Waals surface area contributed by atoms with Crippen LogP contribution in [0.5, 0.6) is 5.75 Å². The van der Waals surface area contributed by atoms with Crippen LogP contribution in [-0.4, -0.2) is 24.7 Å². The van der Waals surface area contributed by atoms with Gasteiger partial charge in [-0.25, -0.2) is 9.37 Å². The van der Waals surface area contributed by atoms with Crippen LogP contribution in [0.3, 0.4) is 0 Å². The molecule has 0 fully saturated rings. The topological polar surface area (TPSA) is 109 Å². The molecule has 176 valence electrons. The molecule has 0 bridgehead atoms. The molecule has 0 saturated carbocycles. The third kappa shape index (κ3) is 4.98. The van der Waals surface area contributed by atoms with Crippen LogP contribution >= 0.6 is 15.9 Å². The maximum atomic E-state index is 14.3. The van der Waals surface area contributed by atoms with Crippen molar-refractivity contribution in [3.05, 3.63) is 86.0 Å². The first kappa shape index (κ1) is 23.6. The van der Waals surface area contributed by atoms with Gasteiger partial charge in [0.25, 0.3) is 0 Å². The van der Waals surface area contributed by atoms with Gasteiger partial charge in [-0.15, -0.1) is 0 Å². The van der Waals surface area contributed by atoms with E-state index in [1.165, 1.54) is 24.4 Å². The zero-order valence-electron chi connectivity index (χ0n) is 18.7. The van der Waals surface area contributed by atoms with Crippen molar-refractivity contribution in [2.75, 3.05) is 0 Å². The van der Waals surface area contributed by atoms with E-state index in [1.807, 2.05) is 17.8 Å². The summed E-state index contributed by atoms with van der Waals surface area (Å²) in [7, 11) is 0. The van der Waals surface area contributed by atoms with Gasteiger partial charge in [0, 0.05) is 43.3 Å². The SMILES string of the molecule is CCn1cc(Cc2oc(C)nc2-c2ccc(F)cc2C(C)Oc2cc(Br)cnc2[N+](=O)[O-])cn1. The summed E-state index contributed by atoms with van der Waals surface area (Å²) in [4.78, 5) is 19.1. The van der Waals surface area contributed by atoms with Crippen molar-refractivity contribution >= 4 is 21.7 Å². The van der Waals surface area contributed by atoms with Crippen LogP contribution in [0, 0.1) is 22.9 Å². The van der Waals surface area contributed by atoms with Crippen LogP contribution in [0.25, 0.3) is 11.3 Å². The minimum Gasteiger partial charge on any atom is -0.478 e. The zero-order chi connectivity index (χ0) is 24.4. The van der Waals surface area contributed by atoms with Crippen molar-refractivity contribution in [3.8, 4) is 17.0 Å². The number of aryl methyl sites for hydroxylation is 2. The number of nitro groups is 1. The lowest BCUT2D eigenvalue weighted by atomic mass is 9.98. The Bertz CT molecular complexity index is 1350. The lowest BCUT2D eigenvalue weighted by Gasteiger charge is -2.18. The van der Waals surface area contributed by atoms with E-state index in [1.54, 1.807) is 26.1 Å². The van der Waals surface area contributed by atoms with Crippen LogP contribution in [0.2, 0.25) is 0 Å². The number of nitrogens with zero attached hydrogens (tertiary/aromatic N) is 5. The Hall–Kier alpha value is -3.60. The Kier molecular flexibility index (Phi) is 6.73. The summed E-state index contributed by atoms with van der Waals surface area (Å²) in [6.45, 7) is 6.16. The summed E-state index contributed by atoms with van der Waals surface area (Å²) in [5.74, 6) is 0.124. The van der Waals surface area contributed by atoms with E-state index in [0.717, 1.165) is 12.1 Å². The number of ether oxygens (including phenoxy) is 1. The van der Waals surface area contributed by atoms with Gasteiger partial charge in [-0.2, -0.15) is 5.10 Å². The monoisotopic (exact) mass is 529 g/mol. The Balaban J connectivity index is 1.73. The number of oxazole rings is 1. The van der Waals surface area contributed by atoms with Crippen LogP contribution < -0.4 is 4.74 Å². The summed E-state index contributed by atoms with van der Waals surface area (Å²) in [6.07, 6.45) is 4.70. The van der Waals surface area contributed by atoms with Gasteiger partial charge in [-0.05, 0) is 63.4 Å². The third-order valence-corrected chi connectivity index (χ3v) is 5.60. The number of hydrogen-bond donors (Lipinski definition) is 0. The van der Waals surface area contributed by atoms with Crippen LogP contribution in [0.15, 0.2) is 51.7 Å². The molecule has 1 unspecified atom stereocenters. The molecule has 3 aromatic heterocycles. The van der Waals surface area contributed by atoms with Crippen molar-refractivity contribution in [1.82, 2.24) is 19.7 Å². The van der Waals surface area contributed by atoms with Gasteiger partial charge in [0.1, 0.15) is 23.4 Å². The average molecular weight is 530 g/mol. The van der Waals surface area contributed by atoms with Crippen molar-refractivity contribution < 1.29 is 18.5 Å². The second kappa shape index (κ2) is 9.72. The molecule has 0 aliphatic carbocycles. The van der Waals surface area contributed by atoms with Gasteiger partial charge in [-0.3, -0.25) is 4.68 Å². The molecule has 0 radical (unpaired) electrons. The van der Waals surface area contributed by atoms with E-state index in [9.17, 15) is 14.5 Å². The maximum absolute atomic E-state index is 14.3. The standard InChI is InChI=1S/C23H21BrFN5O4/c1-4-29-12-15(10-27-29)7-20-22(28-14(3)34-20)18-6-5-17(25)9-19(18)13(2)33-21-8-16(24)11-26-23(21)30(31)32/h5-6,8-13H,4,7H2,1-3H3. The highest BCUT2D eigenvalue weighted by atomic mass is 79.9. The van der Waals surface area contributed by atoms with Gasteiger partial charge in [0.2, 0.25) is 5.75 Å². The molecule has 4 rings (SSSR count). The summed E-state index contributed by atoms with van der Waals surface area (Å²) in [6, 6.07) is 5.73. The van der Waals surface area contributed by atoms with E-state index in [2.05, 4.69) is 31.0 Å². The lowest BCUT2D eigenvalue weighted by Crippen LogP contribution is -2.08. The van der Waals surface area contributed by atoms with Gasteiger partial charge >= 0.3 is 5.82 Å². The smallest absolute Gasteiger partial charge is 0.406 e. The first-order valence-electron chi connectivity index (χ1n) is 10.5. The Labute approximate surface area is 202 Å². The van der Waals surface area contributed by atoms with E-state index >= 15 is 0 Å². The highest BCUT2D eigenvalue weighted by Crippen LogP contribution is 2.36. The molecule has 11 heteroatoms. The fraction of sp³-hybridized carbons (Fsp3) is 0.261. The zero-order valence-corrected chi connectivity index (χ0v) is 20.2. The molecule has 4 aromatic rings. The third-order valence-electron chi connectivity index (χ3n) is 5.16. The quantitative estimate of drug-likeness (QED) is 0.209. The number of halogens is 2. The Morgan fingerprint density at radius 1 is 1.32 bits per heavy atom. The molecule has 1 atom stereocenters. The van der Waals surface area contributed by atoms with Crippen molar-refractivity contribution in [1.29, 1.82) is 0 Å². The van der Waals surface area contributed by atoms with Gasteiger partial charge < -0.3 is 19.3 Å². The molecule has 1 aromatic carbocycles. The fourth-order valence-electron chi connectivity index (χ4n) is 3.63. The van der Waals surface area contributed by atoms with E-state index in [-0.39, 0.29) is 5.75 Å². The van der Waals surface area contributed by atoms with Crippen molar-refractivity contribution in [2.45, 2.75) is 39.8 Å². The number of hydrogen-bond acceptors (Lipinski definition) is 7. The molecular formula is C23H21BrFN5O4. The predicted octanol–water partition coefficient (Wildman–Crippen LogP) is 5.80. The van der Waals surface area contributed by atoms with Crippen molar-refractivity contribution in [2.24, 2.45) is 0 Å². The first-order valence-corrected chi connectivity index (χ1v) is 11.3. The summed E-state index contributed by atoms with van der Waals surface area (Å²) in [5.41, 5.74) is 2.57. The fourth-order valence-corrected chi connectivity index (χ4v) is 3.94. The highest BCUT2D eigenvalue weighted by molar-refractivity contribution is 9.10. The second-order valence-corrected chi connectivity index (χ2v) is 8.53. The number of pyridine rings is 1. The van der Waals surface area contributed by atoms with Gasteiger partial charge in [-0.1, -0.05) is 0 Å². The van der Waals surface area contributed by atoms with Crippen LogP contribution in [0.4, 0.5) is 10.2 Å². The Morgan fingerprint density at radius 2 is 2.12 bits per heavy atom. The molecule has 0 saturated heterocycles. The molecule has 0 spiro atoms. The minimum absolute atomic E-state index is 0.0365. The second-order valence-electron chi connectivity index (χ2n) is 7.61. The van der Waals surface area contributed by atoms with Gasteiger partial charge in [0.05, 0.1) is 10.7 Å². The van der Waals surface area contributed by atoms with E-state index in [4.69, 9.17) is 9.15 Å².